The number of hydrogen-bond donors (Lipinski definition) is 2. The van der Waals surface area contributed by atoms with Crippen LogP contribution in [-0.2, 0) is 6.42 Å². The lowest BCUT2D eigenvalue weighted by molar-refractivity contribution is 0.961. The van der Waals surface area contributed by atoms with Crippen LogP contribution in [0.15, 0.2) is 43.1 Å². The van der Waals surface area contributed by atoms with E-state index in [2.05, 4.69) is 20.3 Å². The van der Waals surface area contributed by atoms with Gasteiger partial charge in [0, 0.05) is 37.3 Å². The molecule has 0 aromatic carbocycles. The number of anilines is 1. The van der Waals surface area contributed by atoms with E-state index in [1.807, 2.05) is 35.0 Å². The highest BCUT2D eigenvalue weighted by Gasteiger charge is 1.99. The maximum absolute atomic E-state index is 4.24. The second kappa shape index (κ2) is 4.29. The fourth-order valence-corrected chi connectivity index (χ4v) is 1.84. The Bertz CT molecular complexity index is 596. The first-order valence-corrected chi connectivity index (χ1v) is 5.57. The summed E-state index contributed by atoms with van der Waals surface area (Å²) in [5, 5.41) is 3.39. The molecule has 0 atom stereocenters. The summed E-state index contributed by atoms with van der Waals surface area (Å²) < 4.78 is 2.03. The minimum atomic E-state index is 0.861. The van der Waals surface area contributed by atoms with Crippen LogP contribution >= 0.6 is 0 Å². The van der Waals surface area contributed by atoms with Crippen LogP contribution in [0.25, 0.3) is 5.65 Å². The number of aromatic nitrogens is 4. The zero-order chi connectivity index (χ0) is 11.5. The van der Waals surface area contributed by atoms with E-state index in [9.17, 15) is 0 Å². The minimum Gasteiger partial charge on any atom is -0.371 e. The summed E-state index contributed by atoms with van der Waals surface area (Å²) in [5.41, 5.74) is 2.09. The third-order valence-corrected chi connectivity index (χ3v) is 2.68. The van der Waals surface area contributed by atoms with Gasteiger partial charge in [-0.25, -0.2) is 9.97 Å². The van der Waals surface area contributed by atoms with Crippen molar-refractivity contribution in [1.82, 2.24) is 19.4 Å². The molecule has 0 saturated carbocycles. The van der Waals surface area contributed by atoms with Gasteiger partial charge in [-0.2, -0.15) is 0 Å². The summed E-state index contributed by atoms with van der Waals surface area (Å²) in [6.45, 7) is 0.861. The Kier molecular flexibility index (Phi) is 2.50. The molecule has 3 aromatic heterocycles. The molecule has 0 aliphatic heterocycles. The van der Waals surface area contributed by atoms with Gasteiger partial charge in [-0.3, -0.25) is 4.40 Å². The van der Waals surface area contributed by atoms with E-state index < -0.39 is 0 Å². The van der Waals surface area contributed by atoms with Gasteiger partial charge in [0.1, 0.15) is 11.5 Å². The van der Waals surface area contributed by atoms with Crippen LogP contribution in [0.3, 0.4) is 0 Å². The van der Waals surface area contributed by atoms with Gasteiger partial charge in [0.25, 0.3) is 0 Å². The maximum atomic E-state index is 4.24. The summed E-state index contributed by atoms with van der Waals surface area (Å²) in [6, 6.07) is 6.03. The van der Waals surface area contributed by atoms with Crippen LogP contribution in [-0.4, -0.2) is 25.9 Å². The quantitative estimate of drug-likeness (QED) is 0.713. The Hall–Kier alpha value is -2.30. The third kappa shape index (κ3) is 1.99. The number of H-pyrrole nitrogens is 1. The van der Waals surface area contributed by atoms with Crippen molar-refractivity contribution < 1.29 is 0 Å². The Balaban J connectivity index is 1.70. The minimum absolute atomic E-state index is 0.861. The molecule has 5 nitrogen and oxygen atoms in total. The number of nitrogens with one attached hydrogen (secondary N) is 2. The number of fused-ring (bicyclic) bond motifs is 1. The molecule has 0 bridgehead atoms. The lowest BCUT2D eigenvalue weighted by Crippen LogP contribution is -2.08. The topological polar surface area (TPSA) is 58.0 Å². The molecule has 3 rings (SSSR count). The average Bonchev–Trinajstić information content (AvgIpc) is 2.99. The van der Waals surface area contributed by atoms with E-state index in [0.717, 1.165) is 30.1 Å². The molecule has 5 heteroatoms. The van der Waals surface area contributed by atoms with Gasteiger partial charge in [-0.05, 0) is 12.1 Å². The summed E-state index contributed by atoms with van der Waals surface area (Å²) in [7, 11) is 0. The third-order valence-electron chi connectivity index (χ3n) is 2.68. The van der Waals surface area contributed by atoms with Crippen LogP contribution in [0, 0.1) is 0 Å². The van der Waals surface area contributed by atoms with E-state index in [1.165, 1.54) is 0 Å². The van der Waals surface area contributed by atoms with Gasteiger partial charge in [-0.1, -0.05) is 6.07 Å². The highest BCUT2D eigenvalue weighted by molar-refractivity contribution is 5.49. The van der Waals surface area contributed by atoms with E-state index in [-0.39, 0.29) is 0 Å². The molecule has 0 aliphatic rings. The summed E-state index contributed by atoms with van der Waals surface area (Å²) in [5.74, 6) is 1.06. The van der Waals surface area contributed by atoms with Crippen molar-refractivity contribution in [1.29, 1.82) is 0 Å². The Labute approximate surface area is 98.5 Å². The Morgan fingerprint density at radius 1 is 1.35 bits per heavy atom. The van der Waals surface area contributed by atoms with Gasteiger partial charge >= 0.3 is 0 Å². The van der Waals surface area contributed by atoms with Crippen LogP contribution < -0.4 is 5.32 Å². The average molecular weight is 227 g/mol. The van der Waals surface area contributed by atoms with Crippen molar-refractivity contribution in [2.24, 2.45) is 0 Å². The summed E-state index contributed by atoms with van der Waals surface area (Å²) in [4.78, 5) is 11.3. The number of imidazole rings is 2. The maximum Gasteiger partial charge on any atom is 0.138 e. The lowest BCUT2D eigenvalue weighted by Gasteiger charge is -2.07. The van der Waals surface area contributed by atoms with Crippen LogP contribution in [0.1, 0.15) is 5.69 Å². The molecule has 0 unspecified atom stereocenters. The van der Waals surface area contributed by atoms with Crippen molar-refractivity contribution in [2.45, 2.75) is 6.42 Å². The van der Waals surface area contributed by atoms with Crippen molar-refractivity contribution >= 4 is 11.5 Å². The molecule has 0 radical (unpaired) electrons. The molecule has 0 fully saturated rings. The highest BCUT2D eigenvalue weighted by atomic mass is 15.1. The standard InChI is InChI=1S/C12H13N5/c1-2-11(17-7-6-15-12(17)3-1)14-5-4-10-8-13-9-16-10/h1-3,6-9,14H,4-5H2,(H,13,16). The molecular weight excluding hydrogens is 214 g/mol. The van der Waals surface area contributed by atoms with E-state index in [0.29, 0.717) is 0 Å². The molecule has 3 heterocycles. The predicted molar refractivity (Wildman–Crippen MR) is 66.0 cm³/mol. The van der Waals surface area contributed by atoms with Gasteiger partial charge in [-0.15, -0.1) is 0 Å². The lowest BCUT2D eigenvalue weighted by atomic mass is 10.3. The van der Waals surface area contributed by atoms with E-state index in [1.54, 1.807) is 12.5 Å². The first kappa shape index (κ1) is 9.89. The molecular formula is C12H13N5. The Morgan fingerprint density at radius 2 is 2.35 bits per heavy atom. The smallest absolute Gasteiger partial charge is 0.138 e. The fourth-order valence-electron chi connectivity index (χ4n) is 1.84. The number of hydrogen-bond acceptors (Lipinski definition) is 3. The van der Waals surface area contributed by atoms with Gasteiger partial charge in [0.2, 0.25) is 0 Å². The van der Waals surface area contributed by atoms with Gasteiger partial charge < -0.3 is 10.3 Å². The summed E-state index contributed by atoms with van der Waals surface area (Å²) in [6.07, 6.45) is 8.22. The second-order valence-corrected chi connectivity index (χ2v) is 3.82. The predicted octanol–water partition coefficient (Wildman–Crippen LogP) is 1.71. The zero-order valence-electron chi connectivity index (χ0n) is 9.30. The van der Waals surface area contributed by atoms with Crippen molar-refractivity contribution in [3.63, 3.8) is 0 Å². The van der Waals surface area contributed by atoms with E-state index >= 15 is 0 Å². The van der Waals surface area contributed by atoms with Crippen molar-refractivity contribution in [2.75, 3.05) is 11.9 Å². The van der Waals surface area contributed by atoms with Gasteiger partial charge in [0.15, 0.2) is 0 Å². The van der Waals surface area contributed by atoms with Crippen LogP contribution in [0.2, 0.25) is 0 Å². The van der Waals surface area contributed by atoms with Crippen molar-refractivity contribution in [3.05, 3.63) is 48.8 Å². The normalized spacial score (nSPS) is 10.8. The highest BCUT2D eigenvalue weighted by Crippen LogP contribution is 2.10. The molecule has 0 amide bonds. The number of aromatic amines is 1. The summed E-state index contributed by atoms with van der Waals surface area (Å²) >= 11 is 0. The first-order chi connectivity index (χ1) is 8.43. The number of nitrogens with zero attached hydrogens (tertiary/aromatic N) is 3. The van der Waals surface area contributed by atoms with Crippen molar-refractivity contribution in [3.8, 4) is 0 Å². The molecule has 3 aromatic rings. The van der Waals surface area contributed by atoms with E-state index in [4.69, 9.17) is 0 Å². The molecule has 17 heavy (non-hydrogen) atoms. The molecule has 86 valence electrons. The Morgan fingerprint density at radius 3 is 3.24 bits per heavy atom. The van der Waals surface area contributed by atoms with Crippen LogP contribution in [0.4, 0.5) is 5.82 Å². The largest absolute Gasteiger partial charge is 0.371 e. The van der Waals surface area contributed by atoms with Crippen LogP contribution in [0.5, 0.6) is 0 Å². The number of pyridine rings is 1. The zero-order valence-corrected chi connectivity index (χ0v) is 9.30. The monoisotopic (exact) mass is 227 g/mol. The SMILES string of the molecule is c1cc(NCCc2cnc[nH]2)n2ccnc2c1. The molecule has 0 aliphatic carbocycles. The fraction of sp³-hybridized carbons (Fsp3) is 0.167. The first-order valence-electron chi connectivity index (χ1n) is 5.57. The molecule has 0 spiro atoms. The molecule has 0 saturated heterocycles. The molecule has 2 N–H and O–H groups in total. The second-order valence-electron chi connectivity index (χ2n) is 3.82. The van der Waals surface area contributed by atoms with Gasteiger partial charge in [0.05, 0.1) is 6.33 Å². The number of rotatable bonds is 4.